The number of anilines is 1. The number of amides is 1. The van der Waals surface area contributed by atoms with Gasteiger partial charge < -0.3 is 10.4 Å². The Morgan fingerprint density at radius 3 is 2.48 bits per heavy atom. The molecule has 2 aromatic heterocycles. The number of carbonyl (C=O) groups excluding carboxylic acids is 1. The number of nitrogens with zero attached hydrogens (tertiary/aromatic N) is 2. The molecule has 0 aliphatic rings. The number of alkyl halides is 3. The lowest BCUT2D eigenvalue weighted by atomic mass is 10.2. The highest BCUT2D eigenvalue weighted by molar-refractivity contribution is 6.02. The zero-order chi connectivity index (χ0) is 15.6. The summed E-state index contributed by atoms with van der Waals surface area (Å²) in [6.07, 6.45) is -4.01. The second kappa shape index (κ2) is 5.23. The fourth-order valence-electron chi connectivity index (χ4n) is 1.37. The number of nitrogens with one attached hydrogen (secondary N) is 2. The van der Waals surface area contributed by atoms with Crippen LogP contribution >= 0.6 is 0 Å². The molecule has 2 rings (SSSR count). The first-order valence-corrected chi connectivity index (χ1v) is 5.40. The molecule has 0 atom stereocenters. The van der Waals surface area contributed by atoms with Crippen molar-refractivity contribution >= 4 is 17.7 Å². The Hall–Kier alpha value is -2.91. The standard InChI is InChI=1S/C11H7F3N4O3/c12-11(13,14)5-1-2-6(15-4-5)9(19)16-8-3-7(10(20)21)17-18-8/h1-4H,(H,20,21)(H2,16,17,18,19). The Morgan fingerprint density at radius 1 is 1.29 bits per heavy atom. The molecule has 0 aliphatic carbocycles. The van der Waals surface area contributed by atoms with Gasteiger partial charge in [0.15, 0.2) is 5.82 Å². The van der Waals surface area contributed by atoms with Gasteiger partial charge in [0, 0.05) is 12.3 Å². The number of rotatable bonds is 3. The van der Waals surface area contributed by atoms with E-state index in [-0.39, 0.29) is 17.2 Å². The zero-order valence-electron chi connectivity index (χ0n) is 10.1. The van der Waals surface area contributed by atoms with E-state index in [9.17, 15) is 22.8 Å². The third-order valence-corrected chi connectivity index (χ3v) is 2.37. The van der Waals surface area contributed by atoms with E-state index in [0.29, 0.717) is 6.20 Å². The maximum atomic E-state index is 12.3. The molecule has 0 unspecified atom stereocenters. The van der Waals surface area contributed by atoms with Crippen molar-refractivity contribution in [3.8, 4) is 0 Å². The molecule has 21 heavy (non-hydrogen) atoms. The Morgan fingerprint density at radius 2 is 2.00 bits per heavy atom. The molecule has 2 aromatic rings. The van der Waals surface area contributed by atoms with Gasteiger partial charge in [-0.05, 0) is 12.1 Å². The number of aromatic nitrogens is 3. The maximum absolute atomic E-state index is 12.3. The quantitative estimate of drug-likeness (QED) is 0.800. The Labute approximate surface area is 114 Å². The predicted octanol–water partition coefficient (Wildman–Crippen LogP) is 1.77. The predicted molar refractivity (Wildman–Crippen MR) is 62.7 cm³/mol. The van der Waals surface area contributed by atoms with Gasteiger partial charge in [0.1, 0.15) is 11.4 Å². The van der Waals surface area contributed by atoms with E-state index in [4.69, 9.17) is 5.11 Å². The lowest BCUT2D eigenvalue weighted by Gasteiger charge is -2.06. The van der Waals surface area contributed by atoms with Gasteiger partial charge in [-0.2, -0.15) is 18.3 Å². The molecule has 3 N–H and O–H groups in total. The van der Waals surface area contributed by atoms with E-state index in [1.54, 1.807) is 0 Å². The zero-order valence-corrected chi connectivity index (χ0v) is 10.1. The molecule has 2 heterocycles. The largest absolute Gasteiger partial charge is 0.477 e. The highest BCUT2D eigenvalue weighted by Crippen LogP contribution is 2.28. The lowest BCUT2D eigenvalue weighted by Crippen LogP contribution is -2.15. The van der Waals surface area contributed by atoms with E-state index in [2.05, 4.69) is 20.5 Å². The van der Waals surface area contributed by atoms with Crippen LogP contribution in [0.15, 0.2) is 24.4 Å². The van der Waals surface area contributed by atoms with Gasteiger partial charge >= 0.3 is 12.1 Å². The topological polar surface area (TPSA) is 108 Å². The van der Waals surface area contributed by atoms with Crippen LogP contribution in [-0.4, -0.2) is 32.2 Å². The molecule has 1 amide bonds. The fourth-order valence-corrected chi connectivity index (χ4v) is 1.37. The third-order valence-electron chi connectivity index (χ3n) is 2.37. The van der Waals surface area contributed by atoms with Gasteiger partial charge in [0.2, 0.25) is 0 Å². The van der Waals surface area contributed by atoms with Crippen molar-refractivity contribution in [1.29, 1.82) is 0 Å². The first-order chi connectivity index (χ1) is 9.77. The first-order valence-electron chi connectivity index (χ1n) is 5.40. The average molecular weight is 300 g/mol. The maximum Gasteiger partial charge on any atom is 0.417 e. The van der Waals surface area contributed by atoms with Crippen LogP contribution in [0.3, 0.4) is 0 Å². The average Bonchev–Trinajstić information content (AvgIpc) is 2.86. The number of carboxylic acid groups (broad SMARTS) is 1. The van der Waals surface area contributed by atoms with Gasteiger partial charge in [0.25, 0.3) is 5.91 Å². The number of carbonyl (C=O) groups is 2. The summed E-state index contributed by atoms with van der Waals surface area (Å²) in [7, 11) is 0. The Balaban J connectivity index is 2.11. The number of aromatic carboxylic acids is 1. The molecule has 10 heteroatoms. The number of hydrogen-bond donors (Lipinski definition) is 3. The van der Waals surface area contributed by atoms with Gasteiger partial charge in [-0.1, -0.05) is 0 Å². The minimum Gasteiger partial charge on any atom is -0.477 e. The smallest absolute Gasteiger partial charge is 0.417 e. The minimum absolute atomic E-state index is 0.0842. The van der Waals surface area contributed by atoms with Crippen LogP contribution in [-0.2, 0) is 6.18 Å². The van der Waals surface area contributed by atoms with E-state index in [1.165, 1.54) is 0 Å². The van der Waals surface area contributed by atoms with Crippen molar-refractivity contribution in [1.82, 2.24) is 15.2 Å². The lowest BCUT2D eigenvalue weighted by molar-refractivity contribution is -0.137. The Kier molecular flexibility index (Phi) is 3.61. The van der Waals surface area contributed by atoms with Crippen molar-refractivity contribution in [3.63, 3.8) is 0 Å². The summed E-state index contributed by atoms with van der Waals surface area (Å²) in [4.78, 5) is 25.7. The second-order valence-electron chi connectivity index (χ2n) is 3.86. The van der Waals surface area contributed by atoms with Crippen LogP contribution in [0.5, 0.6) is 0 Å². The summed E-state index contributed by atoms with van der Waals surface area (Å²) in [5.74, 6) is -2.16. The molecule has 0 spiro atoms. The molecule has 0 bridgehead atoms. The Bertz CT molecular complexity index is 679. The summed E-state index contributed by atoms with van der Waals surface area (Å²) >= 11 is 0. The van der Waals surface area contributed by atoms with Gasteiger partial charge in [-0.3, -0.25) is 14.9 Å². The van der Waals surface area contributed by atoms with E-state index in [0.717, 1.165) is 18.2 Å². The summed E-state index contributed by atoms with van der Waals surface area (Å²) in [5.41, 5.74) is -1.49. The molecule has 0 aliphatic heterocycles. The van der Waals surface area contributed by atoms with Crippen molar-refractivity contribution in [2.24, 2.45) is 0 Å². The van der Waals surface area contributed by atoms with Gasteiger partial charge in [-0.15, -0.1) is 0 Å². The molecule has 0 saturated heterocycles. The normalized spacial score (nSPS) is 11.2. The van der Waals surface area contributed by atoms with Crippen LogP contribution in [0.25, 0.3) is 0 Å². The molecule has 0 saturated carbocycles. The summed E-state index contributed by atoms with van der Waals surface area (Å²) in [6.45, 7) is 0. The van der Waals surface area contributed by atoms with Crippen molar-refractivity contribution < 1.29 is 27.9 Å². The summed E-state index contributed by atoms with van der Waals surface area (Å²) in [5, 5.41) is 16.5. The number of halogens is 3. The second-order valence-corrected chi connectivity index (χ2v) is 3.86. The highest BCUT2D eigenvalue weighted by atomic mass is 19.4. The third kappa shape index (κ3) is 3.35. The van der Waals surface area contributed by atoms with Crippen molar-refractivity contribution in [3.05, 3.63) is 41.3 Å². The molecule has 0 aromatic carbocycles. The SMILES string of the molecule is O=C(Nc1cc(C(=O)O)[nH]n1)c1ccc(C(F)(F)F)cn1. The van der Waals surface area contributed by atoms with Gasteiger partial charge in [0.05, 0.1) is 5.56 Å². The molecular weight excluding hydrogens is 293 g/mol. The summed E-state index contributed by atoms with van der Waals surface area (Å²) in [6, 6.07) is 2.68. The van der Waals surface area contributed by atoms with Crippen LogP contribution in [0.4, 0.5) is 19.0 Å². The van der Waals surface area contributed by atoms with Crippen LogP contribution in [0.2, 0.25) is 0 Å². The number of hydrogen-bond acceptors (Lipinski definition) is 4. The first kappa shape index (κ1) is 14.5. The molecular formula is C11H7F3N4O3. The molecule has 7 nitrogen and oxygen atoms in total. The van der Waals surface area contributed by atoms with Crippen molar-refractivity contribution in [2.75, 3.05) is 5.32 Å². The number of aromatic amines is 1. The minimum atomic E-state index is -4.54. The van der Waals surface area contributed by atoms with Crippen LogP contribution in [0, 0.1) is 0 Å². The van der Waals surface area contributed by atoms with Crippen molar-refractivity contribution in [2.45, 2.75) is 6.18 Å². The fraction of sp³-hybridized carbons (Fsp3) is 0.0909. The van der Waals surface area contributed by atoms with E-state index < -0.39 is 23.6 Å². The molecule has 110 valence electrons. The number of pyridine rings is 1. The summed E-state index contributed by atoms with van der Waals surface area (Å²) < 4.78 is 37.0. The van der Waals surface area contributed by atoms with E-state index in [1.807, 2.05) is 0 Å². The van der Waals surface area contributed by atoms with Crippen LogP contribution < -0.4 is 5.32 Å². The van der Waals surface area contributed by atoms with Gasteiger partial charge in [-0.25, -0.2) is 4.79 Å². The number of carboxylic acids is 1. The highest BCUT2D eigenvalue weighted by Gasteiger charge is 2.30. The number of H-pyrrole nitrogens is 1. The monoisotopic (exact) mass is 300 g/mol. The van der Waals surface area contributed by atoms with E-state index >= 15 is 0 Å². The molecule has 0 fully saturated rings. The molecule has 0 radical (unpaired) electrons. The van der Waals surface area contributed by atoms with Crippen LogP contribution in [0.1, 0.15) is 26.5 Å².